The van der Waals surface area contributed by atoms with Crippen LogP contribution in [0, 0.1) is 5.92 Å². The van der Waals surface area contributed by atoms with E-state index in [1.54, 1.807) is 6.92 Å². The second-order valence-corrected chi connectivity index (χ2v) is 9.26. The molecule has 2 aliphatic heterocycles. The normalized spacial score (nSPS) is 24.5. The Hall–Kier alpha value is -0.660. The van der Waals surface area contributed by atoms with Crippen LogP contribution in [0.2, 0.25) is 0 Å². The molecule has 140 valence electrons. The SMILES string of the molecule is CCS(=O)(=O)N1CCCC(C(=O)NCCCN2CCCCCC2)C1. The minimum atomic E-state index is -3.18. The highest BCUT2D eigenvalue weighted by Gasteiger charge is 2.31. The molecule has 7 heteroatoms. The molecule has 0 bridgehead atoms. The van der Waals surface area contributed by atoms with Crippen molar-refractivity contribution in [3.63, 3.8) is 0 Å². The van der Waals surface area contributed by atoms with Gasteiger partial charge in [-0.25, -0.2) is 12.7 Å². The highest BCUT2D eigenvalue weighted by atomic mass is 32.2. The molecule has 0 aliphatic carbocycles. The lowest BCUT2D eigenvalue weighted by molar-refractivity contribution is -0.126. The molecule has 0 aromatic heterocycles. The Morgan fingerprint density at radius 2 is 1.79 bits per heavy atom. The molecule has 1 atom stereocenters. The molecule has 2 saturated heterocycles. The third-order valence-corrected chi connectivity index (χ3v) is 7.01. The van der Waals surface area contributed by atoms with Gasteiger partial charge in [0.1, 0.15) is 0 Å². The Balaban J connectivity index is 1.68. The van der Waals surface area contributed by atoms with Crippen LogP contribution in [0.15, 0.2) is 0 Å². The first kappa shape index (κ1) is 19.7. The highest BCUT2D eigenvalue weighted by molar-refractivity contribution is 7.89. The summed E-state index contributed by atoms with van der Waals surface area (Å²) in [6.07, 6.45) is 7.78. The average Bonchev–Trinajstić information content (AvgIpc) is 2.87. The number of likely N-dealkylation sites (tertiary alicyclic amines) is 1. The Morgan fingerprint density at radius 1 is 1.08 bits per heavy atom. The summed E-state index contributed by atoms with van der Waals surface area (Å²) in [5.74, 6) is -0.0721. The molecule has 1 unspecified atom stereocenters. The first-order valence-electron chi connectivity index (χ1n) is 9.51. The van der Waals surface area contributed by atoms with Crippen LogP contribution >= 0.6 is 0 Å². The molecule has 0 aromatic carbocycles. The van der Waals surface area contributed by atoms with Crippen molar-refractivity contribution in [3.8, 4) is 0 Å². The van der Waals surface area contributed by atoms with Crippen LogP contribution in [0.3, 0.4) is 0 Å². The van der Waals surface area contributed by atoms with Crippen LogP contribution in [-0.2, 0) is 14.8 Å². The van der Waals surface area contributed by atoms with E-state index in [9.17, 15) is 13.2 Å². The smallest absolute Gasteiger partial charge is 0.224 e. The molecule has 6 nitrogen and oxygen atoms in total. The van der Waals surface area contributed by atoms with Crippen LogP contribution < -0.4 is 5.32 Å². The lowest BCUT2D eigenvalue weighted by Gasteiger charge is -2.31. The van der Waals surface area contributed by atoms with Gasteiger partial charge < -0.3 is 10.2 Å². The zero-order chi connectivity index (χ0) is 17.4. The fourth-order valence-corrected chi connectivity index (χ4v) is 4.79. The second kappa shape index (κ2) is 9.73. The fourth-order valence-electron chi connectivity index (χ4n) is 3.61. The first-order valence-corrected chi connectivity index (χ1v) is 11.1. The largest absolute Gasteiger partial charge is 0.356 e. The summed E-state index contributed by atoms with van der Waals surface area (Å²) < 4.78 is 25.4. The van der Waals surface area contributed by atoms with E-state index in [0.29, 0.717) is 19.6 Å². The van der Waals surface area contributed by atoms with Crippen molar-refractivity contribution in [2.24, 2.45) is 5.92 Å². The zero-order valence-electron chi connectivity index (χ0n) is 15.0. The monoisotopic (exact) mass is 359 g/mol. The number of sulfonamides is 1. The summed E-state index contributed by atoms with van der Waals surface area (Å²) in [4.78, 5) is 14.8. The number of carbonyl (C=O) groups is 1. The van der Waals surface area contributed by atoms with Gasteiger partial charge in [0.15, 0.2) is 0 Å². The third kappa shape index (κ3) is 6.01. The van der Waals surface area contributed by atoms with Crippen LogP contribution in [-0.4, -0.2) is 68.6 Å². The Labute approximate surface area is 147 Å². The molecule has 2 heterocycles. The van der Waals surface area contributed by atoms with Gasteiger partial charge in [0.2, 0.25) is 15.9 Å². The van der Waals surface area contributed by atoms with Crippen LogP contribution in [0.5, 0.6) is 0 Å². The van der Waals surface area contributed by atoms with E-state index in [1.165, 1.54) is 43.1 Å². The van der Waals surface area contributed by atoms with Gasteiger partial charge in [0.05, 0.1) is 11.7 Å². The van der Waals surface area contributed by atoms with E-state index < -0.39 is 10.0 Å². The van der Waals surface area contributed by atoms with Crippen LogP contribution in [0.25, 0.3) is 0 Å². The number of amides is 1. The molecule has 1 N–H and O–H groups in total. The van der Waals surface area contributed by atoms with Crippen LogP contribution in [0.1, 0.15) is 51.9 Å². The predicted molar refractivity (Wildman–Crippen MR) is 96.3 cm³/mol. The molecule has 2 aliphatic rings. The van der Waals surface area contributed by atoms with Gasteiger partial charge in [0.25, 0.3) is 0 Å². The standard InChI is InChI=1S/C17H33N3O3S/c1-2-24(22,23)20-14-7-9-16(15-20)17(21)18-10-8-13-19-11-5-3-4-6-12-19/h16H,2-15H2,1H3,(H,18,21). The second-order valence-electron chi connectivity index (χ2n) is 7.00. The Morgan fingerprint density at radius 3 is 2.46 bits per heavy atom. The maximum Gasteiger partial charge on any atom is 0.224 e. The van der Waals surface area contributed by atoms with Gasteiger partial charge in [-0.3, -0.25) is 4.79 Å². The number of rotatable bonds is 7. The van der Waals surface area contributed by atoms with Crippen molar-refractivity contribution >= 4 is 15.9 Å². The van der Waals surface area contributed by atoms with Crippen molar-refractivity contribution in [3.05, 3.63) is 0 Å². The fraction of sp³-hybridized carbons (Fsp3) is 0.941. The van der Waals surface area contributed by atoms with Gasteiger partial charge in [0, 0.05) is 19.6 Å². The van der Waals surface area contributed by atoms with Crippen LogP contribution in [0.4, 0.5) is 0 Å². The summed E-state index contributed by atoms with van der Waals surface area (Å²) in [5.41, 5.74) is 0. The quantitative estimate of drug-likeness (QED) is 0.698. The van der Waals surface area contributed by atoms with Gasteiger partial charge in [-0.2, -0.15) is 0 Å². The lowest BCUT2D eigenvalue weighted by atomic mass is 9.99. The third-order valence-electron chi connectivity index (χ3n) is 5.16. The van der Waals surface area contributed by atoms with E-state index in [2.05, 4.69) is 10.2 Å². The van der Waals surface area contributed by atoms with Crippen molar-refractivity contribution in [2.75, 3.05) is 45.0 Å². The van der Waals surface area contributed by atoms with E-state index >= 15 is 0 Å². The molecular formula is C17H33N3O3S. The van der Waals surface area contributed by atoms with Gasteiger partial charge >= 0.3 is 0 Å². The zero-order valence-corrected chi connectivity index (χ0v) is 15.8. The number of nitrogens with one attached hydrogen (secondary N) is 1. The summed E-state index contributed by atoms with van der Waals surface area (Å²) in [6.45, 7) is 6.64. The topological polar surface area (TPSA) is 69.7 Å². The van der Waals surface area contributed by atoms with E-state index in [0.717, 1.165) is 25.8 Å². The minimum Gasteiger partial charge on any atom is -0.356 e. The maximum absolute atomic E-state index is 12.3. The number of nitrogens with zero attached hydrogens (tertiary/aromatic N) is 2. The predicted octanol–water partition coefficient (Wildman–Crippen LogP) is 1.43. The molecule has 2 rings (SSSR count). The van der Waals surface area contributed by atoms with Crippen molar-refractivity contribution < 1.29 is 13.2 Å². The summed E-state index contributed by atoms with van der Waals surface area (Å²) in [6, 6.07) is 0. The molecule has 2 fully saturated rings. The van der Waals surface area contributed by atoms with Crippen molar-refractivity contribution in [2.45, 2.75) is 51.9 Å². The van der Waals surface area contributed by atoms with Gasteiger partial charge in [-0.05, 0) is 58.7 Å². The lowest BCUT2D eigenvalue weighted by Crippen LogP contribution is -2.46. The number of piperidine rings is 1. The average molecular weight is 360 g/mol. The number of hydrogen-bond donors (Lipinski definition) is 1. The highest BCUT2D eigenvalue weighted by Crippen LogP contribution is 2.19. The van der Waals surface area contributed by atoms with Crippen molar-refractivity contribution in [1.29, 1.82) is 0 Å². The van der Waals surface area contributed by atoms with E-state index in [4.69, 9.17) is 0 Å². The molecule has 24 heavy (non-hydrogen) atoms. The van der Waals surface area contributed by atoms with E-state index in [1.807, 2.05) is 0 Å². The molecule has 0 saturated carbocycles. The van der Waals surface area contributed by atoms with E-state index in [-0.39, 0.29) is 17.6 Å². The molecule has 0 spiro atoms. The summed E-state index contributed by atoms with van der Waals surface area (Å²) in [7, 11) is -3.18. The number of carbonyl (C=O) groups excluding carboxylic acids is 1. The Bertz CT molecular complexity index is 487. The maximum atomic E-state index is 12.3. The molecular weight excluding hydrogens is 326 g/mol. The van der Waals surface area contributed by atoms with Crippen molar-refractivity contribution in [1.82, 2.24) is 14.5 Å². The Kier molecular flexibility index (Phi) is 7.97. The molecule has 0 aromatic rings. The molecule has 0 radical (unpaired) electrons. The number of hydrogen-bond acceptors (Lipinski definition) is 4. The first-order chi connectivity index (χ1) is 11.5. The minimum absolute atomic E-state index is 0.0156. The summed E-state index contributed by atoms with van der Waals surface area (Å²) >= 11 is 0. The van der Waals surface area contributed by atoms with Gasteiger partial charge in [-0.15, -0.1) is 0 Å². The van der Waals surface area contributed by atoms with Gasteiger partial charge in [-0.1, -0.05) is 12.8 Å². The summed E-state index contributed by atoms with van der Waals surface area (Å²) in [5, 5.41) is 3.01. The molecule has 1 amide bonds.